The first kappa shape index (κ1) is 21.7. The summed E-state index contributed by atoms with van der Waals surface area (Å²) in [5.41, 5.74) is 1.29. The van der Waals surface area contributed by atoms with Crippen LogP contribution >= 0.6 is 11.6 Å². The third kappa shape index (κ3) is 6.54. The van der Waals surface area contributed by atoms with Gasteiger partial charge in [-0.05, 0) is 56.2 Å². The van der Waals surface area contributed by atoms with Gasteiger partial charge in [-0.15, -0.1) is 0 Å². The molecule has 0 aliphatic heterocycles. The van der Waals surface area contributed by atoms with Gasteiger partial charge in [0, 0.05) is 17.1 Å². The van der Waals surface area contributed by atoms with Crippen molar-refractivity contribution in [2.45, 2.75) is 31.3 Å². The summed E-state index contributed by atoms with van der Waals surface area (Å²) in [5.74, 6) is -0.241. The summed E-state index contributed by atoms with van der Waals surface area (Å²) in [6, 6.07) is 12.6. The van der Waals surface area contributed by atoms with Crippen molar-refractivity contribution < 1.29 is 22.7 Å². The molecule has 0 aliphatic carbocycles. The molecule has 2 rings (SSSR count). The Balaban J connectivity index is 1.90. The summed E-state index contributed by atoms with van der Waals surface area (Å²) in [7, 11) is -4.00. The van der Waals surface area contributed by atoms with Crippen molar-refractivity contribution in [1.82, 2.24) is 10.0 Å². The largest absolute Gasteiger partial charge is 0.446 e. The summed E-state index contributed by atoms with van der Waals surface area (Å²) in [6.07, 6.45) is -0.947. The number of nitrogens with one attached hydrogen (secondary N) is 2. The predicted molar refractivity (Wildman–Crippen MR) is 106 cm³/mol. The summed E-state index contributed by atoms with van der Waals surface area (Å²) >= 11 is 5.86. The van der Waals surface area contributed by atoms with Gasteiger partial charge in [0.25, 0.3) is 15.9 Å². The molecule has 7 nitrogen and oxygen atoms in total. The Morgan fingerprint density at radius 3 is 2.39 bits per heavy atom. The third-order valence-electron chi connectivity index (χ3n) is 3.58. The van der Waals surface area contributed by atoms with E-state index in [1.54, 1.807) is 50.2 Å². The molecule has 0 aromatic heterocycles. The second-order valence-electron chi connectivity index (χ2n) is 6.22. The van der Waals surface area contributed by atoms with Crippen molar-refractivity contribution in [2.24, 2.45) is 0 Å². The zero-order valence-corrected chi connectivity index (χ0v) is 17.0. The first-order valence-corrected chi connectivity index (χ1v) is 10.4. The topological polar surface area (TPSA) is 102 Å². The lowest BCUT2D eigenvalue weighted by Gasteiger charge is -2.10. The molecule has 150 valence electrons. The molecule has 0 radical (unpaired) electrons. The van der Waals surface area contributed by atoms with Crippen molar-refractivity contribution in [3.05, 3.63) is 64.7 Å². The number of carbonyl (C=O) groups excluding carboxylic acids is 2. The average molecular weight is 425 g/mol. The van der Waals surface area contributed by atoms with E-state index < -0.39 is 22.2 Å². The zero-order chi connectivity index (χ0) is 20.7. The fourth-order valence-electron chi connectivity index (χ4n) is 2.29. The first-order valence-electron chi connectivity index (χ1n) is 8.53. The highest BCUT2D eigenvalue weighted by Gasteiger charge is 2.19. The Hall–Kier alpha value is -2.58. The van der Waals surface area contributed by atoms with Crippen LogP contribution in [-0.2, 0) is 21.2 Å². The first-order chi connectivity index (χ1) is 13.2. The number of hydrogen-bond acceptors (Lipinski definition) is 5. The van der Waals surface area contributed by atoms with Crippen LogP contribution in [0.5, 0.6) is 0 Å². The number of carbonyl (C=O) groups is 2. The molecule has 0 unspecified atom stereocenters. The van der Waals surface area contributed by atoms with Gasteiger partial charge in [-0.2, -0.15) is 0 Å². The molecule has 0 spiro atoms. The fourth-order valence-corrected chi connectivity index (χ4v) is 3.36. The zero-order valence-electron chi connectivity index (χ0n) is 15.4. The summed E-state index contributed by atoms with van der Waals surface area (Å²) < 4.78 is 30.9. The van der Waals surface area contributed by atoms with E-state index in [4.69, 9.17) is 16.3 Å². The van der Waals surface area contributed by atoms with E-state index >= 15 is 0 Å². The van der Waals surface area contributed by atoms with Gasteiger partial charge in [0.05, 0.1) is 11.0 Å². The molecule has 2 aromatic rings. The van der Waals surface area contributed by atoms with E-state index in [0.29, 0.717) is 23.6 Å². The van der Waals surface area contributed by atoms with Crippen LogP contribution in [0.4, 0.5) is 4.79 Å². The average Bonchev–Trinajstić information content (AvgIpc) is 2.61. The van der Waals surface area contributed by atoms with Crippen LogP contribution in [0.2, 0.25) is 5.02 Å². The Labute approximate surface area is 169 Å². The smallest absolute Gasteiger partial charge is 0.421 e. The second-order valence-corrected chi connectivity index (χ2v) is 8.34. The quantitative estimate of drug-likeness (QED) is 0.710. The molecule has 0 bridgehead atoms. The monoisotopic (exact) mass is 424 g/mol. The Morgan fingerprint density at radius 1 is 1.11 bits per heavy atom. The predicted octanol–water partition coefficient (Wildman–Crippen LogP) is 3.14. The van der Waals surface area contributed by atoms with Crippen molar-refractivity contribution >= 4 is 33.6 Å². The van der Waals surface area contributed by atoms with Gasteiger partial charge in [0.2, 0.25) is 0 Å². The molecular weight excluding hydrogens is 404 g/mol. The summed E-state index contributed by atoms with van der Waals surface area (Å²) in [4.78, 5) is 23.5. The van der Waals surface area contributed by atoms with E-state index in [9.17, 15) is 18.0 Å². The van der Waals surface area contributed by atoms with Crippen LogP contribution in [0.1, 0.15) is 29.8 Å². The Morgan fingerprint density at radius 2 is 1.79 bits per heavy atom. The lowest BCUT2D eigenvalue weighted by Crippen LogP contribution is -2.32. The van der Waals surface area contributed by atoms with E-state index in [1.807, 2.05) is 4.72 Å². The minimum atomic E-state index is -4.00. The maximum absolute atomic E-state index is 12.1. The van der Waals surface area contributed by atoms with Crippen molar-refractivity contribution in [3.8, 4) is 0 Å². The molecule has 0 saturated carbocycles. The summed E-state index contributed by atoms with van der Waals surface area (Å²) in [6.45, 7) is 3.61. The minimum absolute atomic E-state index is 0.0556. The molecule has 0 aliphatic rings. The van der Waals surface area contributed by atoms with Gasteiger partial charge in [0.15, 0.2) is 0 Å². The standard InChI is InChI=1S/C19H21ClN2O5S/c1-13(2)27-19(24)22-28(25,26)17-8-6-14(7-9-17)10-11-21-18(23)15-4-3-5-16(20)12-15/h3-9,12-13H,10-11H2,1-2H3,(H,21,23)(H,22,24). The van der Waals surface area contributed by atoms with Crippen LogP contribution in [0.15, 0.2) is 53.4 Å². The van der Waals surface area contributed by atoms with Gasteiger partial charge in [-0.25, -0.2) is 17.9 Å². The Bertz CT molecular complexity index is 943. The number of benzene rings is 2. The van der Waals surface area contributed by atoms with Gasteiger partial charge in [-0.3, -0.25) is 4.79 Å². The highest BCUT2D eigenvalue weighted by Crippen LogP contribution is 2.12. The lowest BCUT2D eigenvalue weighted by molar-refractivity contribution is 0.0953. The van der Waals surface area contributed by atoms with Gasteiger partial charge in [0.1, 0.15) is 0 Å². The molecule has 0 heterocycles. The summed E-state index contributed by atoms with van der Waals surface area (Å²) in [5, 5.41) is 3.26. The van der Waals surface area contributed by atoms with Crippen molar-refractivity contribution in [1.29, 1.82) is 0 Å². The normalized spacial score (nSPS) is 11.1. The van der Waals surface area contributed by atoms with Crippen LogP contribution in [0.25, 0.3) is 0 Å². The highest BCUT2D eigenvalue weighted by atomic mass is 35.5. The molecule has 0 saturated heterocycles. The molecular formula is C19H21ClN2O5S. The van der Waals surface area contributed by atoms with E-state index in [2.05, 4.69) is 5.32 Å². The number of hydrogen-bond donors (Lipinski definition) is 2. The molecule has 28 heavy (non-hydrogen) atoms. The van der Waals surface area contributed by atoms with E-state index in [0.717, 1.165) is 5.56 Å². The Kier molecular flexibility index (Phi) is 7.42. The van der Waals surface area contributed by atoms with E-state index in [1.165, 1.54) is 12.1 Å². The molecule has 2 aromatic carbocycles. The number of sulfonamides is 1. The fraction of sp³-hybridized carbons (Fsp3) is 0.263. The SMILES string of the molecule is CC(C)OC(=O)NS(=O)(=O)c1ccc(CCNC(=O)c2cccc(Cl)c2)cc1. The maximum Gasteiger partial charge on any atom is 0.421 e. The van der Waals surface area contributed by atoms with Crippen LogP contribution < -0.4 is 10.0 Å². The number of halogens is 1. The maximum atomic E-state index is 12.1. The van der Waals surface area contributed by atoms with Gasteiger partial charge in [-0.1, -0.05) is 29.8 Å². The van der Waals surface area contributed by atoms with Crippen molar-refractivity contribution in [3.63, 3.8) is 0 Å². The van der Waals surface area contributed by atoms with Gasteiger partial charge < -0.3 is 10.1 Å². The third-order valence-corrected chi connectivity index (χ3v) is 5.14. The molecule has 9 heteroatoms. The molecule has 0 fully saturated rings. The van der Waals surface area contributed by atoms with Gasteiger partial charge >= 0.3 is 6.09 Å². The highest BCUT2D eigenvalue weighted by molar-refractivity contribution is 7.90. The van der Waals surface area contributed by atoms with Crippen LogP contribution in [-0.4, -0.2) is 33.1 Å². The second kappa shape index (κ2) is 9.57. The molecule has 2 amide bonds. The van der Waals surface area contributed by atoms with Crippen molar-refractivity contribution in [2.75, 3.05) is 6.54 Å². The lowest BCUT2D eigenvalue weighted by atomic mass is 10.1. The number of rotatable bonds is 7. The number of amides is 2. The van der Waals surface area contributed by atoms with Crippen LogP contribution in [0, 0.1) is 0 Å². The minimum Gasteiger partial charge on any atom is -0.446 e. The number of ether oxygens (including phenoxy) is 1. The van der Waals surface area contributed by atoms with E-state index in [-0.39, 0.29) is 10.8 Å². The molecule has 2 N–H and O–H groups in total. The molecule has 0 atom stereocenters. The van der Waals surface area contributed by atoms with Crippen LogP contribution in [0.3, 0.4) is 0 Å².